The van der Waals surface area contributed by atoms with Crippen molar-refractivity contribution in [2.75, 3.05) is 26.2 Å². The topological polar surface area (TPSA) is 83.8 Å². The fourth-order valence-corrected chi connectivity index (χ4v) is 3.57. The summed E-state index contributed by atoms with van der Waals surface area (Å²) in [6.07, 6.45) is 0. The first kappa shape index (κ1) is 15.5. The molecule has 2 saturated heterocycles. The zero-order valence-electron chi connectivity index (χ0n) is 13.2. The molecule has 2 unspecified atom stereocenters. The van der Waals surface area contributed by atoms with E-state index in [4.69, 9.17) is 0 Å². The zero-order chi connectivity index (χ0) is 16.7. The number of nitrogens with zero attached hydrogens (tertiary/aromatic N) is 3. The van der Waals surface area contributed by atoms with Gasteiger partial charge in [0.25, 0.3) is 11.6 Å². The monoisotopic (exact) mass is 317 g/mol. The third-order valence-corrected chi connectivity index (χ3v) is 4.80. The number of rotatable bonds is 2. The van der Waals surface area contributed by atoms with E-state index in [-0.39, 0.29) is 34.9 Å². The van der Waals surface area contributed by atoms with E-state index in [1.165, 1.54) is 6.07 Å². The number of amides is 2. The van der Waals surface area contributed by atoms with Crippen LogP contribution in [0.4, 0.5) is 5.69 Å². The maximum Gasteiger partial charge on any atom is 0.282 e. The number of aryl methyl sites for hydroxylation is 1. The lowest BCUT2D eigenvalue weighted by Crippen LogP contribution is -2.35. The molecule has 0 bridgehead atoms. The van der Waals surface area contributed by atoms with Crippen LogP contribution in [-0.2, 0) is 4.79 Å². The lowest BCUT2D eigenvalue weighted by molar-refractivity contribution is -0.385. The van der Waals surface area contributed by atoms with Crippen LogP contribution < -0.4 is 0 Å². The molecule has 3 rings (SSSR count). The van der Waals surface area contributed by atoms with Gasteiger partial charge in [-0.05, 0) is 18.6 Å². The van der Waals surface area contributed by atoms with Crippen molar-refractivity contribution in [3.8, 4) is 0 Å². The number of hydrogen-bond acceptors (Lipinski definition) is 4. The minimum atomic E-state index is -0.513. The third-order valence-electron chi connectivity index (χ3n) is 4.80. The molecule has 7 nitrogen and oxygen atoms in total. The fraction of sp³-hybridized carbons (Fsp3) is 0.500. The van der Waals surface area contributed by atoms with Gasteiger partial charge in [-0.1, -0.05) is 6.07 Å². The third kappa shape index (κ3) is 2.78. The van der Waals surface area contributed by atoms with Gasteiger partial charge in [-0.2, -0.15) is 0 Å². The van der Waals surface area contributed by atoms with E-state index in [0.717, 1.165) is 5.56 Å². The Balaban J connectivity index is 1.78. The molecule has 122 valence electrons. The second-order valence-corrected chi connectivity index (χ2v) is 6.43. The summed E-state index contributed by atoms with van der Waals surface area (Å²) in [6, 6.07) is 4.60. The molecule has 0 aliphatic carbocycles. The maximum atomic E-state index is 12.7. The highest BCUT2D eigenvalue weighted by Gasteiger charge is 2.43. The summed E-state index contributed by atoms with van der Waals surface area (Å²) < 4.78 is 0. The van der Waals surface area contributed by atoms with E-state index in [2.05, 4.69) is 0 Å². The largest absolute Gasteiger partial charge is 0.342 e. The Morgan fingerprint density at radius 1 is 1.13 bits per heavy atom. The van der Waals surface area contributed by atoms with Gasteiger partial charge in [0.05, 0.1) is 4.92 Å². The minimum Gasteiger partial charge on any atom is -0.342 e. The van der Waals surface area contributed by atoms with E-state index in [0.29, 0.717) is 26.2 Å². The van der Waals surface area contributed by atoms with Crippen LogP contribution >= 0.6 is 0 Å². The summed E-state index contributed by atoms with van der Waals surface area (Å²) in [7, 11) is 0. The van der Waals surface area contributed by atoms with Crippen LogP contribution in [0.5, 0.6) is 0 Å². The Morgan fingerprint density at radius 2 is 1.70 bits per heavy atom. The molecule has 1 aromatic rings. The summed E-state index contributed by atoms with van der Waals surface area (Å²) >= 11 is 0. The van der Waals surface area contributed by atoms with E-state index in [1.807, 2.05) is 11.8 Å². The average molecular weight is 317 g/mol. The van der Waals surface area contributed by atoms with Gasteiger partial charge in [-0.15, -0.1) is 0 Å². The van der Waals surface area contributed by atoms with Crippen molar-refractivity contribution < 1.29 is 14.5 Å². The molecule has 2 atom stereocenters. The van der Waals surface area contributed by atoms with Crippen molar-refractivity contribution in [3.63, 3.8) is 0 Å². The van der Waals surface area contributed by atoms with Gasteiger partial charge >= 0.3 is 0 Å². The quantitative estimate of drug-likeness (QED) is 0.610. The minimum absolute atomic E-state index is 0.0617. The van der Waals surface area contributed by atoms with Gasteiger partial charge in [0, 0.05) is 51.0 Å². The maximum absolute atomic E-state index is 12.7. The fourth-order valence-electron chi connectivity index (χ4n) is 3.57. The number of nitro benzene ring substituents is 1. The van der Waals surface area contributed by atoms with Crippen molar-refractivity contribution in [1.29, 1.82) is 0 Å². The van der Waals surface area contributed by atoms with E-state index >= 15 is 0 Å². The number of benzene rings is 1. The number of hydrogen-bond donors (Lipinski definition) is 0. The zero-order valence-corrected chi connectivity index (χ0v) is 13.2. The van der Waals surface area contributed by atoms with Crippen molar-refractivity contribution >= 4 is 17.5 Å². The molecule has 0 saturated carbocycles. The van der Waals surface area contributed by atoms with Crippen molar-refractivity contribution in [3.05, 3.63) is 39.4 Å². The molecule has 2 heterocycles. The number of carbonyl (C=O) groups is 2. The van der Waals surface area contributed by atoms with E-state index in [1.54, 1.807) is 24.0 Å². The molecule has 2 fully saturated rings. The van der Waals surface area contributed by atoms with Gasteiger partial charge in [0.15, 0.2) is 0 Å². The van der Waals surface area contributed by atoms with Gasteiger partial charge in [0.1, 0.15) is 5.56 Å². The molecule has 7 heteroatoms. The molecule has 23 heavy (non-hydrogen) atoms. The second kappa shape index (κ2) is 5.64. The molecule has 1 aromatic carbocycles. The van der Waals surface area contributed by atoms with Crippen LogP contribution in [0, 0.1) is 28.9 Å². The van der Waals surface area contributed by atoms with Crippen LogP contribution in [0.2, 0.25) is 0 Å². The number of likely N-dealkylation sites (tertiary alicyclic amines) is 2. The summed E-state index contributed by atoms with van der Waals surface area (Å²) in [4.78, 5) is 38.3. The van der Waals surface area contributed by atoms with Crippen LogP contribution in [0.3, 0.4) is 0 Å². The normalized spacial score (nSPS) is 23.0. The van der Waals surface area contributed by atoms with Gasteiger partial charge in [-0.25, -0.2) is 0 Å². The SMILES string of the molecule is CC(=O)N1CC2CN(C(=O)c3cc(C)ccc3[N+](=O)[O-])CC2C1. The molecule has 0 aromatic heterocycles. The van der Waals surface area contributed by atoms with Gasteiger partial charge in [0.2, 0.25) is 5.91 Å². The summed E-state index contributed by atoms with van der Waals surface area (Å²) in [6.45, 7) is 5.81. The smallest absolute Gasteiger partial charge is 0.282 e. The molecule has 2 aliphatic heterocycles. The lowest BCUT2D eigenvalue weighted by atomic mass is 10.0. The standard InChI is InChI=1S/C16H19N3O4/c1-10-3-4-15(19(22)23)14(5-10)16(21)18-8-12-6-17(11(2)20)7-13(12)9-18/h3-5,12-13H,6-9H2,1-2H3. The molecule has 0 radical (unpaired) electrons. The molecule has 0 spiro atoms. The van der Waals surface area contributed by atoms with Crippen LogP contribution in [0.1, 0.15) is 22.8 Å². The average Bonchev–Trinajstić information content (AvgIpc) is 3.04. The van der Waals surface area contributed by atoms with Crippen LogP contribution in [-0.4, -0.2) is 52.7 Å². The summed E-state index contributed by atoms with van der Waals surface area (Å²) in [5, 5.41) is 11.2. The van der Waals surface area contributed by atoms with Gasteiger partial charge in [-0.3, -0.25) is 19.7 Å². The first-order valence-corrected chi connectivity index (χ1v) is 7.66. The molecule has 2 aliphatic rings. The summed E-state index contributed by atoms with van der Waals surface area (Å²) in [5.41, 5.74) is 0.822. The number of carbonyl (C=O) groups excluding carboxylic acids is 2. The summed E-state index contributed by atoms with van der Waals surface area (Å²) in [5.74, 6) is 0.314. The molecule has 2 amide bonds. The van der Waals surface area contributed by atoms with E-state index < -0.39 is 4.92 Å². The Hall–Kier alpha value is -2.44. The first-order chi connectivity index (χ1) is 10.9. The van der Waals surface area contributed by atoms with Crippen molar-refractivity contribution in [2.45, 2.75) is 13.8 Å². The van der Waals surface area contributed by atoms with Crippen LogP contribution in [0.25, 0.3) is 0 Å². The molecule has 0 N–H and O–H groups in total. The highest BCUT2D eigenvalue weighted by atomic mass is 16.6. The molecular weight excluding hydrogens is 298 g/mol. The Labute approximate surface area is 134 Å². The molecular formula is C16H19N3O4. The Morgan fingerprint density at radius 3 is 2.22 bits per heavy atom. The highest BCUT2D eigenvalue weighted by molar-refractivity contribution is 5.98. The second-order valence-electron chi connectivity index (χ2n) is 6.43. The van der Waals surface area contributed by atoms with E-state index in [9.17, 15) is 19.7 Å². The Kier molecular flexibility index (Phi) is 3.79. The number of fused-ring (bicyclic) bond motifs is 1. The number of nitro groups is 1. The van der Waals surface area contributed by atoms with Crippen molar-refractivity contribution in [1.82, 2.24) is 9.80 Å². The first-order valence-electron chi connectivity index (χ1n) is 7.66. The predicted octanol–water partition coefficient (Wildman–Crippen LogP) is 1.45. The van der Waals surface area contributed by atoms with Crippen molar-refractivity contribution in [2.24, 2.45) is 11.8 Å². The lowest BCUT2D eigenvalue weighted by Gasteiger charge is -2.21. The highest BCUT2D eigenvalue weighted by Crippen LogP contribution is 2.33. The van der Waals surface area contributed by atoms with Crippen LogP contribution in [0.15, 0.2) is 18.2 Å². The predicted molar refractivity (Wildman–Crippen MR) is 83.0 cm³/mol. The van der Waals surface area contributed by atoms with Gasteiger partial charge < -0.3 is 9.80 Å². The Bertz CT molecular complexity index is 674.